The minimum Gasteiger partial charge on any atom is -0.487 e. The Bertz CT molecular complexity index is 1500. The third-order valence-corrected chi connectivity index (χ3v) is 7.65. The van der Waals surface area contributed by atoms with Gasteiger partial charge in [-0.1, -0.05) is 18.1 Å². The van der Waals surface area contributed by atoms with Crippen molar-refractivity contribution in [2.45, 2.75) is 58.2 Å². The molecule has 1 aromatic carbocycles. The summed E-state index contributed by atoms with van der Waals surface area (Å²) in [5.41, 5.74) is 0.461. The number of piperazine rings is 1. The van der Waals surface area contributed by atoms with E-state index in [1.54, 1.807) is 15.4 Å². The summed E-state index contributed by atoms with van der Waals surface area (Å²) in [5.74, 6) is -1.84. The third-order valence-electron chi connectivity index (χ3n) is 7.65. The molecule has 4 heterocycles. The van der Waals surface area contributed by atoms with Crippen molar-refractivity contribution in [3.63, 3.8) is 0 Å². The monoisotopic (exact) mass is 570 g/mol. The number of carbonyl (C=O) groups excluding carboxylic acids is 1. The van der Waals surface area contributed by atoms with E-state index in [-0.39, 0.29) is 36.6 Å². The van der Waals surface area contributed by atoms with Gasteiger partial charge in [-0.15, -0.1) is 5.10 Å². The molecule has 0 saturated carbocycles. The van der Waals surface area contributed by atoms with Crippen molar-refractivity contribution in [1.29, 1.82) is 0 Å². The van der Waals surface area contributed by atoms with E-state index in [0.29, 0.717) is 48.7 Å². The molecule has 1 fully saturated rings. The number of pyridine rings is 1. The molecule has 13 heteroatoms. The SMILES string of the molecule is C[C@H]1COc2c(N3CCN(C)CC3)c(F)cc3c(=O)c(C(=O)OCc4cn(CCCCCCC(=O)O)nn4)cn1c23. The number of rotatable bonds is 11. The lowest BCUT2D eigenvalue weighted by Gasteiger charge is -2.37. The van der Waals surface area contributed by atoms with Gasteiger partial charge in [0.2, 0.25) is 5.43 Å². The lowest BCUT2D eigenvalue weighted by molar-refractivity contribution is -0.137. The van der Waals surface area contributed by atoms with E-state index < -0.39 is 23.2 Å². The van der Waals surface area contributed by atoms with Gasteiger partial charge in [0.15, 0.2) is 11.6 Å². The molecule has 2 aliphatic rings. The molecule has 5 rings (SSSR count). The number of aryl methyl sites for hydroxylation is 1. The first kappa shape index (κ1) is 28.5. The lowest BCUT2D eigenvalue weighted by atomic mass is 10.1. The zero-order chi connectivity index (χ0) is 29.1. The highest BCUT2D eigenvalue weighted by Gasteiger charge is 2.31. The number of esters is 1. The molecule has 1 saturated heterocycles. The van der Waals surface area contributed by atoms with E-state index >= 15 is 4.39 Å². The quantitative estimate of drug-likeness (QED) is 0.271. The first-order chi connectivity index (χ1) is 19.7. The highest BCUT2D eigenvalue weighted by atomic mass is 19.1. The number of hydrogen-bond donors (Lipinski definition) is 1. The van der Waals surface area contributed by atoms with Crippen LogP contribution >= 0.6 is 0 Å². The Kier molecular flexibility index (Phi) is 8.52. The van der Waals surface area contributed by atoms with Crippen LogP contribution in [-0.2, 0) is 22.7 Å². The molecular formula is C28H35FN6O6. The Labute approximate surface area is 236 Å². The van der Waals surface area contributed by atoms with E-state index in [0.717, 1.165) is 32.4 Å². The number of unbranched alkanes of at least 4 members (excludes halogenated alkanes) is 3. The van der Waals surface area contributed by atoms with Crippen LogP contribution in [0.25, 0.3) is 10.9 Å². The molecule has 3 aromatic rings. The molecule has 0 spiro atoms. The number of aromatic nitrogens is 4. The van der Waals surface area contributed by atoms with Gasteiger partial charge in [0.25, 0.3) is 0 Å². The van der Waals surface area contributed by atoms with Gasteiger partial charge in [-0.25, -0.2) is 9.18 Å². The Morgan fingerprint density at radius 3 is 2.66 bits per heavy atom. The predicted molar refractivity (Wildman–Crippen MR) is 148 cm³/mol. The molecule has 12 nitrogen and oxygen atoms in total. The van der Waals surface area contributed by atoms with Crippen molar-refractivity contribution in [3.05, 3.63) is 45.8 Å². The Hall–Kier alpha value is -4.00. The number of ether oxygens (including phenoxy) is 2. The standard InChI is InChI=1S/C28H35FN6O6/c1-18-16-40-27-24-20(13-22(29)25(27)33-11-9-32(2)10-12-33)26(38)21(15-35(18)24)28(39)41-17-19-14-34(31-30-19)8-6-4-3-5-7-23(36)37/h13-15,18H,3-12,16-17H2,1-2H3,(H,36,37)/t18-/m0/s1. The molecule has 220 valence electrons. The van der Waals surface area contributed by atoms with Crippen LogP contribution in [-0.4, -0.2) is 81.3 Å². The second-order valence-corrected chi connectivity index (χ2v) is 10.8. The fourth-order valence-corrected chi connectivity index (χ4v) is 5.32. The minimum absolute atomic E-state index is 0.0747. The number of halogens is 1. The number of nitrogens with zero attached hydrogens (tertiary/aromatic N) is 6. The minimum atomic E-state index is -0.822. The highest BCUT2D eigenvalue weighted by molar-refractivity contribution is 5.98. The summed E-state index contributed by atoms with van der Waals surface area (Å²) in [6.07, 6.45) is 6.47. The van der Waals surface area contributed by atoms with Gasteiger partial charge in [-0.2, -0.15) is 0 Å². The van der Waals surface area contributed by atoms with Crippen LogP contribution in [0.15, 0.2) is 23.3 Å². The van der Waals surface area contributed by atoms with Crippen LogP contribution in [0.2, 0.25) is 0 Å². The van der Waals surface area contributed by atoms with Gasteiger partial charge in [0, 0.05) is 45.3 Å². The van der Waals surface area contributed by atoms with Gasteiger partial charge in [0.05, 0.1) is 23.1 Å². The maximum atomic E-state index is 15.5. The maximum Gasteiger partial charge on any atom is 0.344 e. The van der Waals surface area contributed by atoms with Gasteiger partial charge < -0.3 is 28.9 Å². The van der Waals surface area contributed by atoms with Gasteiger partial charge in [-0.3, -0.25) is 14.3 Å². The van der Waals surface area contributed by atoms with Crippen LogP contribution in [0.5, 0.6) is 5.75 Å². The zero-order valence-electron chi connectivity index (χ0n) is 23.3. The van der Waals surface area contributed by atoms with Crippen molar-refractivity contribution >= 4 is 28.5 Å². The summed E-state index contributed by atoms with van der Waals surface area (Å²) in [7, 11) is 2.02. The number of carbonyl (C=O) groups is 2. The normalized spacial score (nSPS) is 17.0. The van der Waals surface area contributed by atoms with Crippen LogP contribution in [0.4, 0.5) is 10.1 Å². The number of anilines is 1. The molecule has 0 amide bonds. The smallest absolute Gasteiger partial charge is 0.344 e. The van der Waals surface area contributed by atoms with E-state index in [9.17, 15) is 14.4 Å². The largest absolute Gasteiger partial charge is 0.487 e. The number of likely N-dealkylation sites (N-methyl/N-ethyl adjacent to an activating group) is 1. The topological polar surface area (TPSA) is 132 Å². The molecule has 0 bridgehead atoms. The van der Waals surface area contributed by atoms with Crippen LogP contribution < -0.4 is 15.1 Å². The Morgan fingerprint density at radius 1 is 1.15 bits per heavy atom. The molecule has 2 aromatic heterocycles. The number of benzene rings is 1. The first-order valence-electron chi connectivity index (χ1n) is 14.0. The van der Waals surface area contributed by atoms with Gasteiger partial charge in [0.1, 0.15) is 30.2 Å². The third kappa shape index (κ3) is 6.19. The fourth-order valence-electron chi connectivity index (χ4n) is 5.32. The average Bonchev–Trinajstić information content (AvgIpc) is 3.40. The van der Waals surface area contributed by atoms with Gasteiger partial charge >= 0.3 is 11.9 Å². The van der Waals surface area contributed by atoms with E-state index in [2.05, 4.69) is 15.2 Å². The van der Waals surface area contributed by atoms with Crippen molar-refractivity contribution in [2.75, 3.05) is 44.7 Å². The molecule has 1 N–H and O–H groups in total. The summed E-state index contributed by atoms with van der Waals surface area (Å²) in [4.78, 5) is 41.2. The second-order valence-electron chi connectivity index (χ2n) is 10.8. The number of carboxylic acid groups (broad SMARTS) is 1. The van der Waals surface area contributed by atoms with Gasteiger partial charge in [-0.05, 0) is 32.9 Å². The fraction of sp³-hybridized carbons (Fsp3) is 0.536. The highest BCUT2D eigenvalue weighted by Crippen LogP contribution is 2.42. The van der Waals surface area contributed by atoms with Crippen LogP contribution in [0.1, 0.15) is 61.1 Å². The summed E-state index contributed by atoms with van der Waals surface area (Å²) in [6.45, 7) is 5.45. The van der Waals surface area contributed by atoms with Crippen LogP contribution in [0, 0.1) is 5.82 Å². The molecule has 0 radical (unpaired) electrons. The van der Waals surface area contributed by atoms with Crippen molar-refractivity contribution in [2.24, 2.45) is 0 Å². The molecule has 0 unspecified atom stereocenters. The first-order valence-corrected chi connectivity index (χ1v) is 14.0. The van der Waals surface area contributed by atoms with Crippen molar-refractivity contribution in [3.8, 4) is 5.75 Å². The van der Waals surface area contributed by atoms with E-state index in [1.165, 1.54) is 12.3 Å². The van der Waals surface area contributed by atoms with Crippen molar-refractivity contribution < 1.29 is 28.6 Å². The summed E-state index contributed by atoms with van der Waals surface area (Å²) >= 11 is 0. The maximum absolute atomic E-state index is 15.5. The second kappa shape index (κ2) is 12.2. The molecule has 1 atom stereocenters. The van der Waals surface area contributed by atoms with E-state index in [4.69, 9.17) is 14.6 Å². The summed E-state index contributed by atoms with van der Waals surface area (Å²) in [6, 6.07) is 1.02. The number of carboxylic acids is 1. The number of hydrogen-bond acceptors (Lipinski definition) is 9. The molecule has 2 aliphatic heterocycles. The lowest BCUT2D eigenvalue weighted by Crippen LogP contribution is -2.45. The molecule has 0 aliphatic carbocycles. The molecular weight excluding hydrogens is 535 g/mol. The average molecular weight is 571 g/mol. The van der Waals surface area contributed by atoms with Crippen molar-refractivity contribution in [1.82, 2.24) is 24.5 Å². The predicted octanol–water partition coefficient (Wildman–Crippen LogP) is 2.83. The van der Waals surface area contributed by atoms with Crippen LogP contribution in [0.3, 0.4) is 0 Å². The summed E-state index contributed by atoms with van der Waals surface area (Å²) < 4.78 is 30.4. The Balaban J connectivity index is 1.30. The van der Waals surface area contributed by atoms with E-state index in [1.807, 2.05) is 18.9 Å². The number of aliphatic carboxylic acids is 1. The zero-order valence-corrected chi connectivity index (χ0v) is 23.3. The summed E-state index contributed by atoms with van der Waals surface area (Å²) in [5, 5.41) is 16.8. The molecule has 41 heavy (non-hydrogen) atoms. The Morgan fingerprint density at radius 2 is 1.90 bits per heavy atom.